The Bertz CT molecular complexity index is 307. The van der Waals surface area contributed by atoms with E-state index in [2.05, 4.69) is 10.4 Å². The highest BCUT2D eigenvalue weighted by Gasteiger charge is 2.25. The number of carboxylic acid groups (broad SMARTS) is 1. The van der Waals surface area contributed by atoms with Crippen LogP contribution in [0.4, 0.5) is 0 Å². The Balaban J connectivity index is 2.37. The van der Waals surface area contributed by atoms with E-state index in [9.17, 15) is 4.79 Å². The summed E-state index contributed by atoms with van der Waals surface area (Å²) in [6.45, 7) is 1.15. The van der Waals surface area contributed by atoms with Crippen LogP contribution in [0.25, 0.3) is 0 Å². The third-order valence-corrected chi connectivity index (χ3v) is 1.98. The van der Waals surface area contributed by atoms with E-state index in [1.807, 2.05) is 6.07 Å². The molecule has 0 bridgehead atoms. The zero-order chi connectivity index (χ0) is 8.55. The summed E-state index contributed by atoms with van der Waals surface area (Å²) < 4.78 is 1.55. The molecule has 1 aliphatic rings. The van der Waals surface area contributed by atoms with Crippen LogP contribution in [0.1, 0.15) is 11.7 Å². The van der Waals surface area contributed by atoms with Crippen LogP contribution in [0, 0.1) is 0 Å². The fourth-order valence-corrected chi connectivity index (χ4v) is 1.38. The normalized spacial score (nSPS) is 21.8. The molecule has 0 aliphatic carbocycles. The second-order valence-electron chi connectivity index (χ2n) is 2.75. The lowest BCUT2D eigenvalue weighted by molar-refractivity contribution is -0.141. The van der Waals surface area contributed by atoms with Gasteiger partial charge in [-0.1, -0.05) is 0 Å². The second kappa shape index (κ2) is 2.60. The molecule has 1 aromatic rings. The summed E-state index contributed by atoms with van der Waals surface area (Å²) in [7, 11) is 0. The molecule has 0 saturated carbocycles. The number of carbonyl (C=O) groups is 1. The Morgan fingerprint density at radius 1 is 1.83 bits per heavy atom. The van der Waals surface area contributed by atoms with Crippen molar-refractivity contribution in [2.45, 2.75) is 12.6 Å². The van der Waals surface area contributed by atoms with Crippen molar-refractivity contribution in [3.8, 4) is 0 Å². The molecular formula is C7H9N3O2. The van der Waals surface area contributed by atoms with Crippen molar-refractivity contribution in [2.24, 2.45) is 0 Å². The van der Waals surface area contributed by atoms with Crippen molar-refractivity contribution in [3.63, 3.8) is 0 Å². The van der Waals surface area contributed by atoms with E-state index in [0.29, 0.717) is 13.1 Å². The van der Waals surface area contributed by atoms with Crippen molar-refractivity contribution in [3.05, 3.63) is 18.0 Å². The first-order valence-electron chi connectivity index (χ1n) is 3.75. The Morgan fingerprint density at radius 3 is 3.42 bits per heavy atom. The minimum Gasteiger partial charge on any atom is -0.480 e. The van der Waals surface area contributed by atoms with Crippen molar-refractivity contribution < 1.29 is 9.90 Å². The number of nitrogens with one attached hydrogen (secondary N) is 1. The van der Waals surface area contributed by atoms with E-state index in [4.69, 9.17) is 5.11 Å². The molecule has 0 radical (unpaired) electrons. The van der Waals surface area contributed by atoms with Crippen LogP contribution < -0.4 is 5.32 Å². The molecule has 0 fully saturated rings. The average molecular weight is 167 g/mol. The molecule has 2 rings (SSSR count). The van der Waals surface area contributed by atoms with Gasteiger partial charge in [-0.2, -0.15) is 5.10 Å². The fraction of sp³-hybridized carbons (Fsp3) is 0.429. The van der Waals surface area contributed by atoms with Gasteiger partial charge >= 0.3 is 5.97 Å². The van der Waals surface area contributed by atoms with Crippen LogP contribution in [0.3, 0.4) is 0 Å². The quantitative estimate of drug-likeness (QED) is 0.598. The minimum atomic E-state index is -0.841. The Kier molecular flexibility index (Phi) is 1.58. The Morgan fingerprint density at radius 2 is 2.67 bits per heavy atom. The number of fused-ring (bicyclic) bond motifs is 1. The van der Waals surface area contributed by atoms with Gasteiger partial charge in [0.15, 0.2) is 6.04 Å². The first kappa shape index (κ1) is 7.30. The summed E-state index contributed by atoms with van der Waals surface area (Å²) >= 11 is 0. The van der Waals surface area contributed by atoms with Gasteiger partial charge in [0.25, 0.3) is 0 Å². The van der Waals surface area contributed by atoms with E-state index in [-0.39, 0.29) is 0 Å². The molecule has 0 saturated heterocycles. The summed E-state index contributed by atoms with van der Waals surface area (Å²) in [6, 6.07) is 1.27. The van der Waals surface area contributed by atoms with Gasteiger partial charge in [0.05, 0.1) is 5.69 Å². The monoisotopic (exact) mass is 167 g/mol. The molecule has 1 aromatic heterocycles. The van der Waals surface area contributed by atoms with E-state index in [1.54, 1.807) is 10.9 Å². The number of aromatic nitrogens is 2. The molecular weight excluding hydrogens is 158 g/mol. The van der Waals surface area contributed by atoms with Crippen molar-refractivity contribution >= 4 is 5.97 Å². The van der Waals surface area contributed by atoms with Gasteiger partial charge < -0.3 is 10.4 Å². The third kappa shape index (κ3) is 0.984. The lowest BCUT2D eigenvalue weighted by Gasteiger charge is -2.21. The molecule has 5 nitrogen and oxygen atoms in total. The summed E-state index contributed by atoms with van der Waals surface area (Å²) in [5.74, 6) is -0.841. The van der Waals surface area contributed by atoms with Gasteiger partial charge in [-0.05, 0) is 6.07 Å². The van der Waals surface area contributed by atoms with E-state index in [0.717, 1.165) is 5.69 Å². The zero-order valence-electron chi connectivity index (χ0n) is 6.40. The first-order chi connectivity index (χ1) is 5.79. The predicted molar refractivity (Wildman–Crippen MR) is 40.6 cm³/mol. The molecule has 2 N–H and O–H groups in total. The van der Waals surface area contributed by atoms with Gasteiger partial charge in [-0.3, -0.25) is 4.68 Å². The Hall–Kier alpha value is -1.36. The highest BCUT2D eigenvalue weighted by atomic mass is 16.4. The number of aliphatic carboxylic acids is 1. The molecule has 64 valence electrons. The molecule has 0 amide bonds. The highest BCUT2D eigenvalue weighted by molar-refractivity contribution is 5.72. The van der Waals surface area contributed by atoms with E-state index < -0.39 is 12.0 Å². The molecule has 0 aromatic carbocycles. The minimum absolute atomic E-state index is 0.448. The molecule has 5 heteroatoms. The SMILES string of the molecule is O=C(O)C1CNCc2ccnn21. The van der Waals surface area contributed by atoms with Crippen molar-refractivity contribution in [1.82, 2.24) is 15.1 Å². The number of nitrogens with zero attached hydrogens (tertiary/aromatic N) is 2. The zero-order valence-corrected chi connectivity index (χ0v) is 6.40. The van der Waals surface area contributed by atoms with Crippen LogP contribution in [0.15, 0.2) is 12.3 Å². The maximum atomic E-state index is 10.7. The summed E-state index contributed by atoms with van der Waals surface area (Å²) in [5, 5.41) is 15.8. The number of hydrogen-bond donors (Lipinski definition) is 2. The van der Waals surface area contributed by atoms with Crippen LogP contribution in [-0.4, -0.2) is 27.4 Å². The van der Waals surface area contributed by atoms with Gasteiger partial charge in [0.1, 0.15) is 0 Å². The first-order valence-corrected chi connectivity index (χ1v) is 3.75. The Labute approximate surface area is 69.0 Å². The smallest absolute Gasteiger partial charge is 0.329 e. The van der Waals surface area contributed by atoms with E-state index >= 15 is 0 Å². The maximum Gasteiger partial charge on any atom is 0.329 e. The van der Waals surface area contributed by atoms with Crippen molar-refractivity contribution in [1.29, 1.82) is 0 Å². The fourth-order valence-electron chi connectivity index (χ4n) is 1.38. The van der Waals surface area contributed by atoms with Gasteiger partial charge in [-0.15, -0.1) is 0 Å². The lowest BCUT2D eigenvalue weighted by Crippen LogP contribution is -2.37. The van der Waals surface area contributed by atoms with Crippen molar-refractivity contribution in [2.75, 3.05) is 6.54 Å². The number of carboxylic acids is 1. The summed E-state index contributed by atoms with van der Waals surface area (Å²) in [6.07, 6.45) is 1.62. The van der Waals surface area contributed by atoms with Crippen LogP contribution in [-0.2, 0) is 11.3 Å². The predicted octanol–water partition coefficient (Wildman–Crippen LogP) is -0.388. The summed E-state index contributed by atoms with van der Waals surface area (Å²) in [4.78, 5) is 10.7. The largest absolute Gasteiger partial charge is 0.480 e. The van der Waals surface area contributed by atoms with Gasteiger partial charge in [-0.25, -0.2) is 4.79 Å². The molecule has 12 heavy (non-hydrogen) atoms. The van der Waals surface area contributed by atoms with E-state index in [1.165, 1.54) is 0 Å². The molecule has 1 unspecified atom stereocenters. The highest BCUT2D eigenvalue weighted by Crippen LogP contribution is 2.13. The molecule has 0 spiro atoms. The molecule has 1 aliphatic heterocycles. The third-order valence-electron chi connectivity index (χ3n) is 1.98. The lowest BCUT2D eigenvalue weighted by atomic mass is 10.2. The van der Waals surface area contributed by atoms with Crippen LogP contribution in [0.5, 0.6) is 0 Å². The molecule has 2 heterocycles. The number of hydrogen-bond acceptors (Lipinski definition) is 3. The number of rotatable bonds is 1. The standard InChI is InChI=1S/C7H9N3O2/c11-7(12)6-4-8-3-5-1-2-9-10(5)6/h1-2,6,8H,3-4H2,(H,11,12). The topological polar surface area (TPSA) is 67.2 Å². The second-order valence-corrected chi connectivity index (χ2v) is 2.75. The van der Waals surface area contributed by atoms with Crippen LogP contribution >= 0.6 is 0 Å². The maximum absolute atomic E-state index is 10.7. The van der Waals surface area contributed by atoms with Gasteiger partial charge in [0, 0.05) is 19.3 Å². The average Bonchev–Trinajstić information content (AvgIpc) is 2.49. The summed E-state index contributed by atoms with van der Waals surface area (Å²) in [5.41, 5.74) is 0.925. The van der Waals surface area contributed by atoms with Crippen LogP contribution in [0.2, 0.25) is 0 Å². The molecule has 1 atom stereocenters. The van der Waals surface area contributed by atoms with Gasteiger partial charge in [0.2, 0.25) is 0 Å².